The summed E-state index contributed by atoms with van der Waals surface area (Å²) in [4.78, 5) is 8.51. The average Bonchev–Trinajstić information content (AvgIpc) is 2.74. The third kappa shape index (κ3) is 5.19. The van der Waals surface area contributed by atoms with E-state index in [4.69, 9.17) is 14.2 Å². The average molecular weight is 396 g/mol. The van der Waals surface area contributed by atoms with Gasteiger partial charge in [-0.15, -0.1) is 0 Å². The van der Waals surface area contributed by atoms with Gasteiger partial charge in [-0.1, -0.05) is 12.1 Å². The Balaban J connectivity index is 1.67. The summed E-state index contributed by atoms with van der Waals surface area (Å²) in [5.74, 6) is 3.22. The number of benzene rings is 2. The third-order valence-corrected chi connectivity index (χ3v) is 4.26. The molecule has 1 heterocycles. The van der Waals surface area contributed by atoms with E-state index in [1.165, 1.54) is 6.33 Å². The molecule has 0 saturated carbocycles. The van der Waals surface area contributed by atoms with Gasteiger partial charge in [-0.3, -0.25) is 0 Å². The molecule has 3 N–H and O–H groups in total. The molecular weight excluding hydrogens is 372 g/mol. The van der Waals surface area contributed by atoms with Gasteiger partial charge in [-0.25, -0.2) is 9.97 Å². The largest absolute Gasteiger partial charge is 0.508 e. The minimum absolute atomic E-state index is 0.264. The summed E-state index contributed by atoms with van der Waals surface area (Å²) in [6.45, 7) is 0.700. The number of methoxy groups -OCH3 is 3. The number of nitrogens with zero attached hydrogens (tertiary/aromatic N) is 2. The van der Waals surface area contributed by atoms with Crippen LogP contribution in [0.15, 0.2) is 48.8 Å². The number of rotatable bonds is 9. The lowest BCUT2D eigenvalue weighted by Crippen LogP contribution is -2.07. The van der Waals surface area contributed by atoms with Gasteiger partial charge < -0.3 is 30.0 Å². The molecule has 0 radical (unpaired) electrons. The highest BCUT2D eigenvalue weighted by Gasteiger charge is 2.13. The fraction of sp³-hybridized carbons (Fsp3) is 0.238. The Morgan fingerprint density at radius 3 is 2.14 bits per heavy atom. The maximum atomic E-state index is 9.34. The maximum absolute atomic E-state index is 9.34. The molecule has 0 aliphatic heterocycles. The molecule has 0 fully saturated rings. The van der Waals surface area contributed by atoms with E-state index >= 15 is 0 Å². The summed E-state index contributed by atoms with van der Waals surface area (Å²) >= 11 is 0. The predicted molar refractivity (Wildman–Crippen MR) is 112 cm³/mol. The zero-order chi connectivity index (χ0) is 20.6. The van der Waals surface area contributed by atoms with Gasteiger partial charge in [0, 0.05) is 30.4 Å². The molecule has 2 aromatic carbocycles. The summed E-state index contributed by atoms with van der Waals surface area (Å²) in [5, 5.41) is 15.8. The third-order valence-electron chi connectivity index (χ3n) is 4.26. The topological polar surface area (TPSA) is 97.8 Å². The molecule has 0 aliphatic carbocycles. The van der Waals surface area contributed by atoms with E-state index in [0.717, 1.165) is 17.7 Å². The molecule has 0 aliphatic rings. The SMILES string of the molecule is COc1cc(Nc2cc(NCCc3ccc(O)cc3)ncn2)cc(OC)c1OC. The Morgan fingerprint density at radius 2 is 1.52 bits per heavy atom. The van der Waals surface area contributed by atoms with Crippen molar-refractivity contribution in [1.82, 2.24) is 9.97 Å². The van der Waals surface area contributed by atoms with Crippen LogP contribution in [0.1, 0.15) is 5.56 Å². The number of phenols is 1. The summed E-state index contributed by atoms with van der Waals surface area (Å²) in [6.07, 6.45) is 2.29. The fourth-order valence-corrected chi connectivity index (χ4v) is 2.82. The second-order valence-electron chi connectivity index (χ2n) is 6.17. The van der Waals surface area contributed by atoms with Crippen LogP contribution in [0.5, 0.6) is 23.0 Å². The number of hydrogen-bond donors (Lipinski definition) is 3. The molecule has 3 rings (SSSR count). The smallest absolute Gasteiger partial charge is 0.203 e. The molecule has 0 atom stereocenters. The first-order valence-electron chi connectivity index (χ1n) is 9.03. The molecule has 152 valence electrons. The zero-order valence-electron chi connectivity index (χ0n) is 16.6. The number of anilines is 3. The van der Waals surface area contributed by atoms with Crippen LogP contribution in [0.25, 0.3) is 0 Å². The van der Waals surface area contributed by atoms with Crippen molar-refractivity contribution in [2.24, 2.45) is 0 Å². The minimum Gasteiger partial charge on any atom is -0.508 e. The number of hydrogen-bond acceptors (Lipinski definition) is 8. The van der Waals surface area contributed by atoms with E-state index in [1.807, 2.05) is 18.2 Å². The normalized spacial score (nSPS) is 10.3. The fourth-order valence-electron chi connectivity index (χ4n) is 2.82. The lowest BCUT2D eigenvalue weighted by molar-refractivity contribution is 0.324. The van der Waals surface area contributed by atoms with Gasteiger partial charge in [0.05, 0.1) is 21.3 Å². The zero-order valence-corrected chi connectivity index (χ0v) is 16.6. The predicted octanol–water partition coefficient (Wildman–Crippen LogP) is 3.61. The number of aromatic hydroxyl groups is 1. The Labute approximate surface area is 169 Å². The molecule has 0 unspecified atom stereocenters. The Kier molecular flexibility index (Phi) is 6.57. The molecule has 0 amide bonds. The van der Waals surface area contributed by atoms with Crippen molar-refractivity contribution in [3.63, 3.8) is 0 Å². The molecule has 1 aromatic heterocycles. The quantitative estimate of drug-likeness (QED) is 0.505. The first-order chi connectivity index (χ1) is 14.1. The van der Waals surface area contributed by atoms with Gasteiger partial charge in [-0.2, -0.15) is 0 Å². The van der Waals surface area contributed by atoms with E-state index in [1.54, 1.807) is 45.6 Å². The molecule has 8 heteroatoms. The minimum atomic E-state index is 0.264. The van der Waals surface area contributed by atoms with Gasteiger partial charge in [0.2, 0.25) is 5.75 Å². The lowest BCUT2D eigenvalue weighted by atomic mass is 10.1. The van der Waals surface area contributed by atoms with Crippen LogP contribution in [0.4, 0.5) is 17.3 Å². The van der Waals surface area contributed by atoms with E-state index in [2.05, 4.69) is 20.6 Å². The second-order valence-corrected chi connectivity index (χ2v) is 6.17. The number of nitrogens with one attached hydrogen (secondary N) is 2. The molecule has 3 aromatic rings. The summed E-state index contributed by atoms with van der Waals surface area (Å²) in [5.41, 5.74) is 1.87. The van der Waals surface area contributed by atoms with Crippen molar-refractivity contribution < 1.29 is 19.3 Å². The van der Waals surface area contributed by atoms with Crippen LogP contribution in [0.3, 0.4) is 0 Å². The molecule has 0 spiro atoms. The number of ether oxygens (including phenoxy) is 3. The first kappa shape index (κ1) is 20.1. The van der Waals surface area contributed by atoms with Gasteiger partial charge >= 0.3 is 0 Å². The van der Waals surface area contributed by atoms with E-state index in [9.17, 15) is 5.11 Å². The summed E-state index contributed by atoms with van der Waals surface area (Å²) in [6, 6.07) is 12.6. The van der Waals surface area contributed by atoms with Crippen molar-refractivity contribution in [1.29, 1.82) is 0 Å². The Morgan fingerprint density at radius 1 is 0.862 bits per heavy atom. The highest BCUT2D eigenvalue weighted by molar-refractivity contribution is 5.67. The molecular formula is C21H24N4O4. The van der Waals surface area contributed by atoms with Gasteiger partial charge in [0.15, 0.2) is 11.5 Å². The Bertz CT molecular complexity index is 923. The first-order valence-corrected chi connectivity index (χ1v) is 9.03. The molecule has 0 saturated heterocycles. The van der Waals surface area contributed by atoms with Crippen molar-refractivity contribution >= 4 is 17.3 Å². The number of aromatic nitrogens is 2. The van der Waals surface area contributed by atoms with Gasteiger partial charge in [-0.05, 0) is 24.1 Å². The summed E-state index contributed by atoms with van der Waals surface area (Å²) < 4.78 is 16.1. The van der Waals surface area contributed by atoms with Crippen LogP contribution in [-0.4, -0.2) is 42.9 Å². The molecule has 29 heavy (non-hydrogen) atoms. The van der Waals surface area contributed by atoms with Crippen LogP contribution in [0.2, 0.25) is 0 Å². The standard InChI is InChI=1S/C21H24N4O4/c1-27-17-10-15(11-18(28-2)21(17)29-3)25-20-12-19(23-13-24-20)22-9-8-14-4-6-16(26)7-5-14/h4-7,10-13,26H,8-9H2,1-3H3,(H2,22,23,24,25). The highest BCUT2D eigenvalue weighted by Crippen LogP contribution is 2.40. The van der Waals surface area contributed by atoms with Gasteiger partial charge in [0.1, 0.15) is 23.7 Å². The van der Waals surface area contributed by atoms with E-state index in [0.29, 0.717) is 35.4 Å². The van der Waals surface area contributed by atoms with Crippen molar-refractivity contribution in [2.45, 2.75) is 6.42 Å². The van der Waals surface area contributed by atoms with Crippen molar-refractivity contribution in [2.75, 3.05) is 38.5 Å². The van der Waals surface area contributed by atoms with Crippen molar-refractivity contribution in [3.05, 3.63) is 54.4 Å². The Hall–Kier alpha value is -3.68. The molecule has 0 bridgehead atoms. The van der Waals surface area contributed by atoms with Crippen LogP contribution < -0.4 is 24.8 Å². The van der Waals surface area contributed by atoms with Crippen LogP contribution >= 0.6 is 0 Å². The number of phenolic OH excluding ortho intramolecular Hbond substituents is 1. The maximum Gasteiger partial charge on any atom is 0.203 e. The monoisotopic (exact) mass is 396 g/mol. The second kappa shape index (κ2) is 9.50. The van der Waals surface area contributed by atoms with Crippen molar-refractivity contribution in [3.8, 4) is 23.0 Å². The highest BCUT2D eigenvalue weighted by atomic mass is 16.5. The van der Waals surface area contributed by atoms with E-state index in [-0.39, 0.29) is 5.75 Å². The molecule has 8 nitrogen and oxygen atoms in total. The lowest BCUT2D eigenvalue weighted by Gasteiger charge is -2.15. The van der Waals surface area contributed by atoms with Crippen LogP contribution in [0, 0.1) is 0 Å². The van der Waals surface area contributed by atoms with Crippen LogP contribution in [-0.2, 0) is 6.42 Å². The van der Waals surface area contributed by atoms with Gasteiger partial charge in [0.25, 0.3) is 0 Å². The van der Waals surface area contributed by atoms with E-state index < -0.39 is 0 Å². The summed E-state index contributed by atoms with van der Waals surface area (Å²) in [7, 11) is 4.71.